The molecular formula is C11H21ClN4. The summed E-state index contributed by atoms with van der Waals surface area (Å²) in [4.78, 5) is 2.44. The van der Waals surface area contributed by atoms with E-state index in [0.717, 1.165) is 18.8 Å². The number of aromatic nitrogens is 2. The van der Waals surface area contributed by atoms with Crippen LogP contribution < -0.4 is 5.32 Å². The molecule has 0 amide bonds. The van der Waals surface area contributed by atoms with Gasteiger partial charge in [0.15, 0.2) is 0 Å². The van der Waals surface area contributed by atoms with Crippen molar-refractivity contribution in [3.05, 3.63) is 18.0 Å². The molecule has 1 aliphatic rings. The maximum atomic E-state index is 4.33. The van der Waals surface area contributed by atoms with E-state index in [0.29, 0.717) is 6.04 Å². The molecule has 0 aliphatic carbocycles. The first-order chi connectivity index (χ1) is 7.25. The summed E-state index contributed by atoms with van der Waals surface area (Å²) in [6.45, 7) is 3.20. The first-order valence-electron chi connectivity index (χ1n) is 5.65. The highest BCUT2D eigenvalue weighted by atomic mass is 35.5. The van der Waals surface area contributed by atoms with Gasteiger partial charge in [0.2, 0.25) is 0 Å². The maximum Gasteiger partial charge on any atom is 0.0762 e. The van der Waals surface area contributed by atoms with Crippen molar-refractivity contribution in [2.75, 3.05) is 20.1 Å². The molecule has 4 nitrogen and oxygen atoms in total. The fourth-order valence-electron chi connectivity index (χ4n) is 2.16. The lowest BCUT2D eigenvalue weighted by Crippen LogP contribution is -2.35. The molecule has 1 unspecified atom stereocenters. The Morgan fingerprint density at radius 2 is 2.31 bits per heavy atom. The Kier molecular flexibility index (Phi) is 5.25. The van der Waals surface area contributed by atoms with E-state index in [2.05, 4.69) is 28.4 Å². The lowest BCUT2D eigenvalue weighted by Gasteiger charge is -2.19. The van der Waals surface area contributed by atoms with E-state index >= 15 is 0 Å². The van der Waals surface area contributed by atoms with Crippen molar-refractivity contribution in [2.45, 2.75) is 25.4 Å². The van der Waals surface area contributed by atoms with Crippen LogP contribution in [0.1, 0.15) is 18.5 Å². The summed E-state index contributed by atoms with van der Waals surface area (Å²) >= 11 is 0. The number of halogens is 1. The SMILES string of the molecule is CN1CCCC1CNCc1ccn(C)n1.Cl. The minimum absolute atomic E-state index is 0. The number of aryl methyl sites for hydroxylation is 1. The van der Waals surface area contributed by atoms with Crippen LogP contribution in [0.25, 0.3) is 0 Å². The molecule has 1 aromatic rings. The lowest BCUT2D eigenvalue weighted by atomic mass is 10.2. The Labute approximate surface area is 103 Å². The van der Waals surface area contributed by atoms with E-state index in [-0.39, 0.29) is 12.4 Å². The number of hydrogen-bond acceptors (Lipinski definition) is 3. The fraction of sp³-hybridized carbons (Fsp3) is 0.727. The van der Waals surface area contributed by atoms with Gasteiger partial charge in [0.25, 0.3) is 0 Å². The Morgan fingerprint density at radius 3 is 2.88 bits per heavy atom. The molecule has 1 N–H and O–H groups in total. The third-order valence-corrected chi connectivity index (χ3v) is 3.13. The van der Waals surface area contributed by atoms with Crippen molar-refractivity contribution in [3.8, 4) is 0 Å². The first-order valence-corrected chi connectivity index (χ1v) is 5.65. The smallest absolute Gasteiger partial charge is 0.0762 e. The zero-order chi connectivity index (χ0) is 10.7. The normalized spacial score (nSPS) is 21.0. The van der Waals surface area contributed by atoms with E-state index < -0.39 is 0 Å². The maximum absolute atomic E-state index is 4.33. The summed E-state index contributed by atoms with van der Waals surface area (Å²) < 4.78 is 1.85. The molecule has 1 saturated heterocycles. The highest BCUT2D eigenvalue weighted by molar-refractivity contribution is 5.85. The van der Waals surface area contributed by atoms with Gasteiger partial charge in [-0.25, -0.2) is 0 Å². The fourth-order valence-corrected chi connectivity index (χ4v) is 2.16. The van der Waals surface area contributed by atoms with Crippen LogP contribution in [0.4, 0.5) is 0 Å². The van der Waals surface area contributed by atoms with Crippen molar-refractivity contribution in [1.29, 1.82) is 0 Å². The standard InChI is InChI=1S/C11H20N4.ClH/c1-14-6-3-4-11(14)9-12-8-10-5-7-15(2)13-10;/h5,7,11-12H,3-4,6,8-9H2,1-2H3;1H. The largest absolute Gasteiger partial charge is 0.310 e. The van der Waals surface area contributed by atoms with Crippen LogP contribution >= 0.6 is 12.4 Å². The quantitative estimate of drug-likeness (QED) is 0.859. The number of nitrogens with one attached hydrogen (secondary N) is 1. The van der Waals surface area contributed by atoms with Crippen LogP contribution in [0.2, 0.25) is 0 Å². The van der Waals surface area contributed by atoms with Crippen LogP contribution in [-0.2, 0) is 13.6 Å². The molecule has 1 atom stereocenters. The van der Waals surface area contributed by atoms with Crippen molar-refractivity contribution < 1.29 is 0 Å². The van der Waals surface area contributed by atoms with Gasteiger partial charge in [-0.2, -0.15) is 5.10 Å². The van der Waals surface area contributed by atoms with Crippen LogP contribution in [0, 0.1) is 0 Å². The third-order valence-electron chi connectivity index (χ3n) is 3.13. The van der Waals surface area contributed by atoms with Gasteiger partial charge < -0.3 is 10.2 Å². The monoisotopic (exact) mass is 244 g/mol. The number of nitrogens with zero attached hydrogens (tertiary/aromatic N) is 3. The Morgan fingerprint density at radius 1 is 1.50 bits per heavy atom. The molecule has 0 aromatic carbocycles. The van der Waals surface area contributed by atoms with Gasteiger partial charge in [-0.3, -0.25) is 4.68 Å². The average molecular weight is 245 g/mol. The number of likely N-dealkylation sites (N-methyl/N-ethyl adjacent to an activating group) is 1. The van der Waals surface area contributed by atoms with E-state index in [4.69, 9.17) is 0 Å². The molecule has 0 bridgehead atoms. The second-order valence-corrected chi connectivity index (χ2v) is 4.39. The predicted molar refractivity (Wildman–Crippen MR) is 67.8 cm³/mol. The van der Waals surface area contributed by atoms with E-state index in [1.807, 2.05) is 17.9 Å². The van der Waals surface area contributed by atoms with E-state index in [9.17, 15) is 0 Å². The van der Waals surface area contributed by atoms with Gasteiger partial charge in [-0.1, -0.05) is 0 Å². The van der Waals surface area contributed by atoms with Crippen molar-refractivity contribution in [3.63, 3.8) is 0 Å². The number of likely N-dealkylation sites (tertiary alicyclic amines) is 1. The van der Waals surface area contributed by atoms with Gasteiger partial charge >= 0.3 is 0 Å². The molecule has 1 fully saturated rings. The summed E-state index contributed by atoms with van der Waals surface area (Å²) in [6, 6.07) is 2.78. The number of rotatable bonds is 4. The number of hydrogen-bond donors (Lipinski definition) is 1. The van der Waals surface area contributed by atoms with E-state index in [1.54, 1.807) is 0 Å². The van der Waals surface area contributed by atoms with Crippen LogP contribution in [0.3, 0.4) is 0 Å². The molecule has 16 heavy (non-hydrogen) atoms. The topological polar surface area (TPSA) is 33.1 Å². The molecule has 0 radical (unpaired) electrons. The summed E-state index contributed by atoms with van der Waals surface area (Å²) in [5.41, 5.74) is 1.12. The van der Waals surface area contributed by atoms with Crippen molar-refractivity contribution in [2.24, 2.45) is 7.05 Å². The van der Waals surface area contributed by atoms with Crippen LogP contribution in [0.5, 0.6) is 0 Å². The second kappa shape index (κ2) is 6.23. The average Bonchev–Trinajstić information content (AvgIpc) is 2.77. The van der Waals surface area contributed by atoms with Gasteiger partial charge in [-0.15, -0.1) is 12.4 Å². The van der Waals surface area contributed by atoms with Gasteiger partial charge in [-0.05, 0) is 32.5 Å². The first kappa shape index (κ1) is 13.5. The summed E-state index contributed by atoms with van der Waals surface area (Å²) in [5, 5.41) is 7.80. The predicted octanol–water partition coefficient (Wildman–Crippen LogP) is 1.03. The Bertz CT molecular complexity index is 313. The minimum Gasteiger partial charge on any atom is -0.310 e. The molecule has 2 heterocycles. The van der Waals surface area contributed by atoms with Gasteiger partial charge in [0.1, 0.15) is 0 Å². The molecule has 92 valence electrons. The van der Waals surface area contributed by atoms with E-state index in [1.165, 1.54) is 19.4 Å². The second-order valence-electron chi connectivity index (χ2n) is 4.39. The van der Waals surface area contributed by atoms with Crippen LogP contribution in [0.15, 0.2) is 12.3 Å². The Balaban J connectivity index is 0.00000128. The summed E-state index contributed by atoms with van der Waals surface area (Å²) in [6.07, 6.45) is 4.65. The molecular weight excluding hydrogens is 224 g/mol. The van der Waals surface area contributed by atoms with Crippen molar-refractivity contribution >= 4 is 12.4 Å². The lowest BCUT2D eigenvalue weighted by molar-refractivity contribution is 0.300. The zero-order valence-corrected chi connectivity index (χ0v) is 10.8. The van der Waals surface area contributed by atoms with Gasteiger partial charge in [0.05, 0.1) is 5.69 Å². The molecule has 1 aliphatic heterocycles. The highest BCUT2D eigenvalue weighted by Crippen LogP contribution is 2.13. The third kappa shape index (κ3) is 3.47. The molecule has 2 rings (SSSR count). The molecule has 0 saturated carbocycles. The molecule has 5 heteroatoms. The zero-order valence-electron chi connectivity index (χ0n) is 10.0. The summed E-state index contributed by atoms with van der Waals surface area (Å²) in [7, 11) is 4.16. The van der Waals surface area contributed by atoms with Crippen molar-refractivity contribution in [1.82, 2.24) is 20.0 Å². The van der Waals surface area contributed by atoms with Gasteiger partial charge in [0, 0.05) is 32.4 Å². The Hall–Kier alpha value is -0.580. The molecule has 1 aromatic heterocycles. The summed E-state index contributed by atoms with van der Waals surface area (Å²) in [5.74, 6) is 0. The highest BCUT2D eigenvalue weighted by Gasteiger charge is 2.19. The molecule has 0 spiro atoms. The van der Waals surface area contributed by atoms with Crippen LogP contribution in [-0.4, -0.2) is 40.9 Å². The minimum atomic E-state index is 0.